The first-order valence-corrected chi connectivity index (χ1v) is 17.1. The van der Waals surface area contributed by atoms with Gasteiger partial charge in [0.05, 0.1) is 65.6 Å². The first-order valence-electron chi connectivity index (χ1n) is 17.1. The van der Waals surface area contributed by atoms with E-state index in [9.17, 15) is 35.1 Å². The van der Waals surface area contributed by atoms with Crippen LogP contribution in [0.2, 0.25) is 0 Å². The molecule has 10 unspecified atom stereocenters. The smallest absolute Gasteiger partial charge is 0.335 e. The number of amides is 1. The molecule has 4 rings (SSSR count). The Bertz CT molecular complexity index is 1390. The highest BCUT2D eigenvalue weighted by Crippen LogP contribution is 2.30. The molecule has 2 fully saturated rings. The van der Waals surface area contributed by atoms with Crippen LogP contribution < -0.4 is 5.32 Å². The molecule has 0 aliphatic carbocycles. The lowest BCUT2D eigenvalue weighted by Crippen LogP contribution is -2.66. The number of hydrogen-bond acceptors (Lipinski definition) is 17. The first kappa shape index (κ1) is 42.5. The lowest BCUT2D eigenvalue weighted by Gasteiger charge is -2.45. The molecule has 298 valence electrons. The number of aliphatic carboxylic acids is 1. The van der Waals surface area contributed by atoms with Gasteiger partial charge in [-0.05, 0) is 6.92 Å². The minimum atomic E-state index is -1.86. The van der Waals surface area contributed by atoms with Crippen molar-refractivity contribution < 1.29 is 77.8 Å². The van der Waals surface area contributed by atoms with Crippen molar-refractivity contribution in [1.29, 1.82) is 0 Å². The van der Waals surface area contributed by atoms with Gasteiger partial charge in [0.15, 0.2) is 24.8 Å². The number of ether oxygens (including phenoxy) is 9. The third kappa shape index (κ3) is 12.1. The van der Waals surface area contributed by atoms with Gasteiger partial charge < -0.3 is 73.5 Å². The van der Waals surface area contributed by atoms with Crippen LogP contribution in [0.4, 0.5) is 0 Å². The van der Waals surface area contributed by atoms with Crippen molar-refractivity contribution in [3.63, 3.8) is 0 Å². The quantitative estimate of drug-likeness (QED) is 0.0676. The Kier molecular flexibility index (Phi) is 17.3. The van der Waals surface area contributed by atoms with Crippen LogP contribution in [0.25, 0.3) is 11.3 Å². The molecule has 2 aliphatic heterocycles. The molecule has 20 nitrogen and oxygen atoms in total. The molecular formula is C33H50N4O16. The zero-order chi connectivity index (χ0) is 38.3. The molecule has 20 heteroatoms. The van der Waals surface area contributed by atoms with Gasteiger partial charge in [0, 0.05) is 26.3 Å². The van der Waals surface area contributed by atoms with E-state index in [0.717, 1.165) is 18.4 Å². The Labute approximate surface area is 305 Å². The van der Waals surface area contributed by atoms with Crippen molar-refractivity contribution in [2.45, 2.75) is 74.9 Å². The number of carboxylic acid groups (broad SMARTS) is 1. The van der Waals surface area contributed by atoms with Crippen molar-refractivity contribution in [3.8, 4) is 11.3 Å². The second kappa shape index (κ2) is 21.6. The van der Waals surface area contributed by atoms with Gasteiger partial charge >= 0.3 is 5.97 Å². The Hall–Kier alpha value is -3.22. The van der Waals surface area contributed by atoms with E-state index in [4.69, 9.17) is 42.6 Å². The summed E-state index contributed by atoms with van der Waals surface area (Å²) in [5.41, 5.74) is 3.00. The van der Waals surface area contributed by atoms with Gasteiger partial charge in [0.2, 0.25) is 0 Å². The second-order valence-electron chi connectivity index (χ2n) is 12.2. The van der Waals surface area contributed by atoms with Gasteiger partial charge in [-0.15, -0.1) is 5.10 Å². The number of aromatic nitrogens is 3. The Morgan fingerprint density at radius 3 is 1.92 bits per heavy atom. The number of aliphatic hydroxyl groups is 4. The van der Waals surface area contributed by atoms with Gasteiger partial charge in [0.25, 0.3) is 5.91 Å². The molecule has 2 aromatic rings. The molecule has 1 amide bonds. The van der Waals surface area contributed by atoms with Gasteiger partial charge in [-0.2, -0.15) is 0 Å². The zero-order valence-corrected chi connectivity index (χ0v) is 29.8. The van der Waals surface area contributed by atoms with E-state index >= 15 is 0 Å². The van der Waals surface area contributed by atoms with Crippen LogP contribution in [-0.2, 0) is 58.8 Å². The molecule has 10 atom stereocenters. The monoisotopic (exact) mass is 758 g/mol. The van der Waals surface area contributed by atoms with E-state index < -0.39 is 73.3 Å². The zero-order valence-electron chi connectivity index (χ0n) is 29.8. The number of nitrogens with zero attached hydrogens (tertiary/aromatic N) is 3. The number of carbonyl (C=O) groups is 2. The van der Waals surface area contributed by atoms with E-state index in [-0.39, 0.29) is 26.4 Å². The summed E-state index contributed by atoms with van der Waals surface area (Å²) in [4.78, 5) is 24.8. The van der Waals surface area contributed by atoms with Crippen LogP contribution in [0.1, 0.15) is 5.56 Å². The van der Waals surface area contributed by atoms with Crippen molar-refractivity contribution in [1.82, 2.24) is 20.3 Å². The summed E-state index contributed by atoms with van der Waals surface area (Å²) in [6.45, 7) is 5.26. The van der Waals surface area contributed by atoms with E-state index in [2.05, 4.69) is 15.6 Å². The predicted molar refractivity (Wildman–Crippen MR) is 178 cm³/mol. The number of benzene rings is 1. The molecule has 0 saturated carbocycles. The fourth-order valence-corrected chi connectivity index (χ4v) is 5.49. The van der Waals surface area contributed by atoms with E-state index in [1.54, 1.807) is 4.68 Å². The highest BCUT2D eigenvalue weighted by Gasteiger charge is 2.54. The van der Waals surface area contributed by atoms with Gasteiger partial charge in [0.1, 0.15) is 42.3 Å². The minimum absolute atomic E-state index is 0.0358. The summed E-state index contributed by atoms with van der Waals surface area (Å²) in [7, 11) is 2.33. The number of methoxy groups -OCH3 is 2. The maximum atomic E-state index is 13.0. The Morgan fingerprint density at radius 2 is 1.32 bits per heavy atom. The minimum Gasteiger partial charge on any atom is -0.479 e. The third-order valence-electron chi connectivity index (χ3n) is 8.40. The number of rotatable bonds is 22. The number of hydrogen-bond donors (Lipinski definition) is 6. The summed E-state index contributed by atoms with van der Waals surface area (Å²) < 4.78 is 50.1. The van der Waals surface area contributed by atoms with Crippen LogP contribution in [0.15, 0.2) is 30.5 Å². The lowest BCUT2D eigenvalue weighted by atomic mass is 9.96. The average molecular weight is 759 g/mol. The highest BCUT2D eigenvalue weighted by atomic mass is 16.7. The number of aliphatic hydroxyl groups excluding tert-OH is 4. The molecule has 1 aromatic carbocycles. The largest absolute Gasteiger partial charge is 0.479 e. The predicted octanol–water partition coefficient (Wildman–Crippen LogP) is -2.54. The number of carbonyl (C=O) groups excluding carboxylic acids is 1. The SMILES string of the molecule is COC1OC(C(=O)O)C(OC2OC(C(=O)NCCOCCOCCOCCOCCn3cc(-c4ccc(C)cc4)nn3)C(OC)C(O)C2O)C(O)C1O. The Balaban J connectivity index is 1.05. The molecular weight excluding hydrogens is 708 g/mol. The van der Waals surface area contributed by atoms with Crippen molar-refractivity contribution >= 4 is 11.9 Å². The Morgan fingerprint density at radius 1 is 0.755 bits per heavy atom. The maximum absolute atomic E-state index is 13.0. The number of aryl methyl sites for hydroxylation is 1. The van der Waals surface area contributed by atoms with Crippen LogP contribution in [-0.4, -0.2) is 187 Å². The standard InChI is InChI=1S/C33H50N4O16/c1-19-4-6-20(7-5-19)21-18-37(36-35-21)9-11-48-13-15-50-17-16-49-14-12-47-10-8-34-30(42)28-26(45-2)22(38)25(41)33(52-28)51-27-23(39)24(40)32(46-3)53-29(27)31(43)44/h4-7,18,22-29,32-33,38-41H,8-17H2,1-3H3,(H,34,42)(H,43,44). The molecule has 53 heavy (non-hydrogen) atoms. The van der Waals surface area contributed by atoms with E-state index in [1.165, 1.54) is 12.7 Å². The van der Waals surface area contributed by atoms with Crippen LogP contribution in [0, 0.1) is 6.92 Å². The van der Waals surface area contributed by atoms with Crippen LogP contribution >= 0.6 is 0 Å². The third-order valence-corrected chi connectivity index (χ3v) is 8.40. The summed E-state index contributed by atoms with van der Waals surface area (Å²) in [5.74, 6) is -2.32. The normalized spacial score (nSPS) is 28.9. The number of nitrogens with one attached hydrogen (secondary N) is 1. The molecule has 0 radical (unpaired) electrons. The summed E-state index contributed by atoms with van der Waals surface area (Å²) in [5, 5.41) is 62.5. The van der Waals surface area contributed by atoms with Gasteiger partial charge in [-0.3, -0.25) is 4.79 Å². The van der Waals surface area contributed by atoms with Crippen molar-refractivity contribution in [2.24, 2.45) is 0 Å². The highest BCUT2D eigenvalue weighted by molar-refractivity contribution is 5.81. The van der Waals surface area contributed by atoms with Crippen molar-refractivity contribution in [3.05, 3.63) is 36.0 Å². The molecule has 1 aromatic heterocycles. The molecule has 2 saturated heterocycles. The lowest BCUT2D eigenvalue weighted by molar-refractivity contribution is -0.348. The van der Waals surface area contributed by atoms with Gasteiger partial charge in [-0.25, -0.2) is 9.48 Å². The fraction of sp³-hybridized carbons (Fsp3) is 0.697. The molecule has 6 N–H and O–H groups in total. The van der Waals surface area contributed by atoms with Crippen LogP contribution in [0.3, 0.4) is 0 Å². The van der Waals surface area contributed by atoms with Gasteiger partial charge in [-0.1, -0.05) is 35.0 Å². The average Bonchev–Trinajstić information content (AvgIpc) is 3.62. The summed E-state index contributed by atoms with van der Waals surface area (Å²) in [6.07, 6.45) is -15.0. The molecule has 0 bridgehead atoms. The number of carboxylic acids is 1. The van der Waals surface area contributed by atoms with E-state index in [1.807, 2.05) is 37.4 Å². The fourth-order valence-electron chi connectivity index (χ4n) is 5.49. The molecule has 3 heterocycles. The topological polar surface area (TPSA) is 261 Å². The second-order valence-corrected chi connectivity index (χ2v) is 12.2. The first-order chi connectivity index (χ1) is 25.5. The summed E-state index contributed by atoms with van der Waals surface area (Å²) >= 11 is 0. The van der Waals surface area contributed by atoms with Crippen LogP contribution in [0.5, 0.6) is 0 Å². The molecule has 2 aliphatic rings. The maximum Gasteiger partial charge on any atom is 0.335 e. The summed E-state index contributed by atoms with van der Waals surface area (Å²) in [6, 6.07) is 8.08. The molecule has 0 spiro atoms. The van der Waals surface area contributed by atoms with E-state index in [0.29, 0.717) is 39.6 Å². The van der Waals surface area contributed by atoms with Crippen molar-refractivity contribution in [2.75, 3.05) is 73.6 Å².